The quantitative estimate of drug-likeness (QED) is 0.788. The summed E-state index contributed by atoms with van der Waals surface area (Å²) in [5.74, 6) is -0.119. The van der Waals surface area contributed by atoms with Crippen molar-refractivity contribution < 1.29 is 4.79 Å². The van der Waals surface area contributed by atoms with Crippen LogP contribution in [0.2, 0.25) is 0 Å². The molecule has 1 aromatic heterocycles. The molecule has 0 aliphatic carbocycles. The Labute approximate surface area is 140 Å². The summed E-state index contributed by atoms with van der Waals surface area (Å²) < 4.78 is 1.72. The molecule has 120 valence electrons. The fourth-order valence-corrected chi connectivity index (χ4v) is 3.12. The molecule has 4 rings (SSSR count). The van der Waals surface area contributed by atoms with Crippen LogP contribution in [0.3, 0.4) is 0 Å². The minimum atomic E-state index is -0.119. The highest BCUT2D eigenvalue weighted by atomic mass is 16.2. The molecule has 0 atom stereocenters. The highest BCUT2D eigenvalue weighted by Crippen LogP contribution is 2.27. The van der Waals surface area contributed by atoms with Gasteiger partial charge in [0.25, 0.3) is 5.91 Å². The number of amides is 1. The first-order valence-electron chi connectivity index (χ1n) is 8.09. The Hall–Kier alpha value is -2.95. The Morgan fingerprint density at radius 2 is 1.96 bits per heavy atom. The van der Waals surface area contributed by atoms with Gasteiger partial charge >= 0.3 is 0 Å². The molecule has 3 aromatic rings. The highest BCUT2D eigenvalue weighted by Gasteiger charge is 2.24. The van der Waals surface area contributed by atoms with E-state index in [4.69, 9.17) is 4.99 Å². The Morgan fingerprint density at radius 3 is 2.75 bits per heavy atom. The van der Waals surface area contributed by atoms with E-state index >= 15 is 0 Å². The van der Waals surface area contributed by atoms with Crippen LogP contribution in [-0.4, -0.2) is 27.9 Å². The van der Waals surface area contributed by atoms with Crippen molar-refractivity contribution in [3.8, 4) is 0 Å². The Balaban J connectivity index is 1.86. The molecule has 1 aliphatic heterocycles. The number of benzene rings is 2. The minimum absolute atomic E-state index is 0.119. The maximum Gasteiger partial charge on any atom is 0.272 e. The number of carbonyl (C=O) groups is 1. The van der Waals surface area contributed by atoms with Crippen LogP contribution in [0.4, 0.5) is 5.69 Å². The first-order valence-corrected chi connectivity index (χ1v) is 8.09. The van der Waals surface area contributed by atoms with Crippen LogP contribution in [-0.2, 0) is 6.54 Å². The van der Waals surface area contributed by atoms with Crippen LogP contribution < -0.4 is 5.32 Å². The monoisotopic (exact) mass is 318 g/mol. The number of fused-ring (bicyclic) bond motifs is 2. The zero-order valence-corrected chi connectivity index (χ0v) is 13.7. The first kappa shape index (κ1) is 14.6. The maximum absolute atomic E-state index is 12.4. The van der Waals surface area contributed by atoms with Crippen LogP contribution in [0.15, 0.2) is 47.5 Å². The van der Waals surface area contributed by atoms with E-state index in [0.717, 1.165) is 22.4 Å². The van der Waals surface area contributed by atoms with Crippen LogP contribution in [0.5, 0.6) is 0 Å². The van der Waals surface area contributed by atoms with Gasteiger partial charge < -0.3 is 5.32 Å². The lowest BCUT2D eigenvalue weighted by Gasteiger charge is -2.07. The van der Waals surface area contributed by atoms with Gasteiger partial charge in [-0.05, 0) is 36.2 Å². The molecule has 1 aliphatic rings. The molecule has 0 saturated heterocycles. The summed E-state index contributed by atoms with van der Waals surface area (Å²) in [6.45, 7) is 4.92. The molecule has 0 unspecified atom stereocenters. The molecule has 5 nitrogen and oxygen atoms in total. The largest absolute Gasteiger partial charge is 0.345 e. The predicted octanol–water partition coefficient (Wildman–Crippen LogP) is 3.23. The fraction of sp³-hybridized carbons (Fsp3) is 0.211. The van der Waals surface area contributed by atoms with Crippen molar-refractivity contribution in [2.45, 2.75) is 20.4 Å². The van der Waals surface area contributed by atoms with Gasteiger partial charge in [0.05, 0.1) is 18.0 Å². The van der Waals surface area contributed by atoms with Gasteiger partial charge in [-0.2, -0.15) is 5.10 Å². The number of nitrogens with one attached hydrogen (secondary N) is 1. The first-order chi connectivity index (χ1) is 11.7. The summed E-state index contributed by atoms with van der Waals surface area (Å²) in [6.07, 6.45) is 0. The number of carbonyl (C=O) groups excluding carboxylic acids is 1. The van der Waals surface area contributed by atoms with E-state index in [2.05, 4.69) is 40.7 Å². The smallest absolute Gasteiger partial charge is 0.272 e. The van der Waals surface area contributed by atoms with Crippen LogP contribution in [0.25, 0.3) is 10.8 Å². The van der Waals surface area contributed by atoms with E-state index in [1.165, 1.54) is 5.39 Å². The molecule has 2 heterocycles. The molecular weight excluding hydrogens is 300 g/mol. The zero-order chi connectivity index (χ0) is 16.7. The molecule has 0 spiro atoms. The number of hydrogen-bond acceptors (Lipinski definition) is 3. The van der Waals surface area contributed by atoms with Crippen molar-refractivity contribution in [3.05, 3.63) is 59.4 Å². The Kier molecular flexibility index (Phi) is 3.41. The van der Waals surface area contributed by atoms with E-state index in [0.29, 0.717) is 24.5 Å². The summed E-state index contributed by atoms with van der Waals surface area (Å²) in [7, 11) is 0. The normalized spacial score (nSPS) is 14.1. The molecule has 0 saturated carbocycles. The van der Waals surface area contributed by atoms with E-state index < -0.39 is 0 Å². The van der Waals surface area contributed by atoms with E-state index in [-0.39, 0.29) is 5.91 Å². The lowest BCUT2D eigenvalue weighted by molar-refractivity contribution is 0.0950. The van der Waals surface area contributed by atoms with Crippen LogP contribution in [0.1, 0.15) is 28.7 Å². The standard InChI is InChI=1S/C19H18N4O/c1-3-23-18-17(12(2)22-23)21-16(11-20-19(18)24)15-9-8-13-6-4-5-7-14(13)10-15/h4-10H,3,11H2,1-2H3,(H,20,24). The fourth-order valence-electron chi connectivity index (χ4n) is 3.12. The summed E-state index contributed by atoms with van der Waals surface area (Å²) in [6, 6.07) is 14.5. The number of aryl methyl sites for hydroxylation is 2. The molecule has 0 fully saturated rings. The average Bonchev–Trinajstić information content (AvgIpc) is 2.82. The number of rotatable bonds is 2. The second kappa shape index (κ2) is 5.60. The molecule has 0 bridgehead atoms. The number of aliphatic imine (C=N–C) groups is 1. The Morgan fingerprint density at radius 1 is 1.17 bits per heavy atom. The summed E-state index contributed by atoms with van der Waals surface area (Å²) in [5, 5.41) is 9.74. The molecule has 1 N–H and O–H groups in total. The van der Waals surface area contributed by atoms with E-state index in [9.17, 15) is 4.79 Å². The average molecular weight is 318 g/mol. The van der Waals surface area contributed by atoms with Gasteiger partial charge in [0.2, 0.25) is 0 Å². The molecule has 24 heavy (non-hydrogen) atoms. The second-order valence-corrected chi connectivity index (χ2v) is 5.90. The second-order valence-electron chi connectivity index (χ2n) is 5.90. The zero-order valence-electron chi connectivity index (χ0n) is 13.7. The topological polar surface area (TPSA) is 59.3 Å². The van der Waals surface area contributed by atoms with Crippen molar-refractivity contribution in [2.75, 3.05) is 6.54 Å². The molecule has 5 heteroatoms. The lowest BCUT2D eigenvalue weighted by atomic mass is 10.0. The van der Waals surface area contributed by atoms with E-state index in [1.807, 2.05) is 26.0 Å². The van der Waals surface area contributed by atoms with Gasteiger partial charge in [-0.15, -0.1) is 0 Å². The summed E-state index contributed by atoms with van der Waals surface area (Å²) in [5.41, 5.74) is 3.88. The van der Waals surface area contributed by atoms with Crippen molar-refractivity contribution in [3.63, 3.8) is 0 Å². The third-order valence-corrected chi connectivity index (χ3v) is 4.36. The van der Waals surface area contributed by atoms with Crippen molar-refractivity contribution in [2.24, 2.45) is 4.99 Å². The van der Waals surface area contributed by atoms with Gasteiger partial charge in [0, 0.05) is 6.54 Å². The number of nitrogens with zero attached hydrogens (tertiary/aromatic N) is 3. The van der Waals surface area contributed by atoms with Gasteiger partial charge in [-0.3, -0.25) is 9.48 Å². The molecule has 1 amide bonds. The summed E-state index contributed by atoms with van der Waals surface area (Å²) >= 11 is 0. The van der Waals surface area contributed by atoms with Crippen LogP contribution in [0, 0.1) is 6.92 Å². The van der Waals surface area contributed by atoms with Gasteiger partial charge in [0.15, 0.2) is 5.69 Å². The molecular formula is C19H18N4O. The minimum Gasteiger partial charge on any atom is -0.345 e. The van der Waals surface area contributed by atoms with Crippen LogP contribution >= 0.6 is 0 Å². The molecule has 2 aromatic carbocycles. The van der Waals surface area contributed by atoms with Crippen molar-refractivity contribution >= 4 is 28.1 Å². The van der Waals surface area contributed by atoms with Crippen molar-refractivity contribution in [1.82, 2.24) is 15.1 Å². The Bertz CT molecular complexity index is 984. The highest BCUT2D eigenvalue weighted by molar-refractivity contribution is 6.11. The van der Waals surface area contributed by atoms with Gasteiger partial charge in [0.1, 0.15) is 5.69 Å². The third-order valence-electron chi connectivity index (χ3n) is 4.36. The van der Waals surface area contributed by atoms with Gasteiger partial charge in [-0.1, -0.05) is 36.4 Å². The SMILES string of the molecule is CCn1nc(C)c2c1C(=O)NCC(c1ccc3ccccc3c1)=N2. The van der Waals surface area contributed by atoms with Crippen molar-refractivity contribution in [1.29, 1.82) is 0 Å². The number of hydrogen-bond donors (Lipinski definition) is 1. The lowest BCUT2D eigenvalue weighted by Crippen LogP contribution is -2.29. The predicted molar refractivity (Wildman–Crippen MR) is 95.1 cm³/mol. The van der Waals surface area contributed by atoms with Gasteiger partial charge in [-0.25, -0.2) is 4.99 Å². The van der Waals surface area contributed by atoms with E-state index in [1.54, 1.807) is 4.68 Å². The number of aromatic nitrogens is 2. The third kappa shape index (κ3) is 2.29. The molecule has 0 radical (unpaired) electrons. The maximum atomic E-state index is 12.4. The summed E-state index contributed by atoms with van der Waals surface area (Å²) in [4.78, 5) is 17.2.